The molecule has 6 heteroatoms. The third kappa shape index (κ3) is 3.80. The van der Waals surface area contributed by atoms with E-state index in [4.69, 9.17) is 0 Å². The van der Waals surface area contributed by atoms with Crippen LogP contribution in [-0.2, 0) is 0 Å². The Balaban J connectivity index is 1.45. The normalized spacial score (nSPS) is 27.9. The van der Waals surface area contributed by atoms with E-state index >= 15 is 0 Å². The van der Waals surface area contributed by atoms with E-state index in [2.05, 4.69) is 27.4 Å². The summed E-state index contributed by atoms with van der Waals surface area (Å²) in [5.74, 6) is 1.00. The Bertz CT molecular complexity index is 545. The van der Waals surface area contributed by atoms with Crippen molar-refractivity contribution in [3.05, 3.63) is 24.4 Å². The number of pyridine rings is 1. The molecule has 2 heterocycles. The Hall–Kier alpha value is -1.82. The number of nitrogens with one attached hydrogen (secondary N) is 2. The number of hydrogen-bond donors (Lipinski definition) is 3. The zero-order chi connectivity index (χ0) is 17.0. The van der Waals surface area contributed by atoms with Crippen molar-refractivity contribution in [2.75, 3.05) is 24.6 Å². The number of aliphatic hydroxyl groups is 1. The standard InChI is InChI=1S/C18H28N4O2/c1-18(13-23)9-4-5-15(18)21-17(24)20-14-7-11-22(12-8-14)16-6-2-3-10-19-16/h2-3,6,10,14-15,23H,4-5,7-9,11-13H2,1H3,(H2,20,21,24). The van der Waals surface area contributed by atoms with Gasteiger partial charge in [-0.05, 0) is 37.8 Å². The lowest BCUT2D eigenvalue weighted by Crippen LogP contribution is -2.53. The fraction of sp³-hybridized carbons (Fsp3) is 0.667. The van der Waals surface area contributed by atoms with E-state index in [1.54, 1.807) is 0 Å². The second-order valence-corrected chi connectivity index (χ2v) is 7.32. The van der Waals surface area contributed by atoms with Crippen LogP contribution >= 0.6 is 0 Å². The van der Waals surface area contributed by atoms with E-state index < -0.39 is 0 Å². The molecule has 1 aromatic heterocycles. The van der Waals surface area contributed by atoms with Crippen LogP contribution in [0.1, 0.15) is 39.0 Å². The molecule has 0 radical (unpaired) electrons. The lowest BCUT2D eigenvalue weighted by Gasteiger charge is -2.34. The van der Waals surface area contributed by atoms with Gasteiger partial charge in [-0.3, -0.25) is 0 Å². The summed E-state index contributed by atoms with van der Waals surface area (Å²) in [6.07, 6.45) is 6.63. The number of nitrogens with zero attached hydrogens (tertiary/aromatic N) is 2. The minimum Gasteiger partial charge on any atom is -0.396 e. The Kier molecular flexibility index (Phi) is 5.23. The van der Waals surface area contributed by atoms with E-state index in [0.717, 1.165) is 51.0 Å². The number of carbonyl (C=O) groups is 1. The first-order valence-corrected chi connectivity index (χ1v) is 8.94. The summed E-state index contributed by atoms with van der Waals surface area (Å²) in [6.45, 7) is 3.98. The van der Waals surface area contributed by atoms with Crippen LogP contribution in [0, 0.1) is 5.41 Å². The van der Waals surface area contributed by atoms with Crippen LogP contribution in [0.25, 0.3) is 0 Å². The average Bonchev–Trinajstić information content (AvgIpc) is 2.97. The molecule has 132 valence electrons. The number of piperidine rings is 1. The number of urea groups is 1. The van der Waals surface area contributed by atoms with Gasteiger partial charge in [-0.2, -0.15) is 0 Å². The third-order valence-electron chi connectivity index (χ3n) is 5.55. The van der Waals surface area contributed by atoms with Gasteiger partial charge in [0.1, 0.15) is 5.82 Å². The highest BCUT2D eigenvalue weighted by molar-refractivity contribution is 5.74. The quantitative estimate of drug-likeness (QED) is 0.787. The minimum absolute atomic E-state index is 0.0658. The number of carbonyl (C=O) groups excluding carboxylic acids is 1. The maximum absolute atomic E-state index is 12.3. The number of anilines is 1. The molecule has 1 aromatic rings. The molecular weight excluding hydrogens is 304 g/mol. The lowest BCUT2D eigenvalue weighted by atomic mass is 9.86. The molecule has 1 saturated heterocycles. The Morgan fingerprint density at radius 3 is 2.79 bits per heavy atom. The molecule has 6 nitrogen and oxygen atoms in total. The van der Waals surface area contributed by atoms with Crippen molar-refractivity contribution in [3.8, 4) is 0 Å². The van der Waals surface area contributed by atoms with Gasteiger partial charge in [0.05, 0.1) is 6.61 Å². The van der Waals surface area contributed by atoms with Crippen LogP contribution in [0.4, 0.5) is 10.6 Å². The van der Waals surface area contributed by atoms with E-state index in [1.165, 1.54) is 0 Å². The van der Waals surface area contributed by atoms with Gasteiger partial charge in [0, 0.05) is 36.8 Å². The highest BCUT2D eigenvalue weighted by Gasteiger charge is 2.39. The Labute approximate surface area is 143 Å². The van der Waals surface area contributed by atoms with Crippen molar-refractivity contribution in [3.63, 3.8) is 0 Å². The summed E-state index contributed by atoms with van der Waals surface area (Å²) in [5, 5.41) is 15.8. The fourth-order valence-corrected chi connectivity index (χ4v) is 3.85. The van der Waals surface area contributed by atoms with Gasteiger partial charge >= 0.3 is 6.03 Å². The third-order valence-corrected chi connectivity index (χ3v) is 5.55. The van der Waals surface area contributed by atoms with Crippen LogP contribution in [0.3, 0.4) is 0 Å². The SMILES string of the molecule is CC1(CO)CCCC1NC(=O)NC1CCN(c2ccccn2)CC1. The lowest BCUT2D eigenvalue weighted by molar-refractivity contribution is 0.120. The van der Waals surface area contributed by atoms with Gasteiger partial charge in [0.2, 0.25) is 0 Å². The minimum atomic E-state index is -0.181. The molecule has 0 bridgehead atoms. The summed E-state index contributed by atoms with van der Waals surface area (Å²) in [5.41, 5.74) is -0.181. The zero-order valence-corrected chi connectivity index (χ0v) is 14.4. The molecule has 0 spiro atoms. The maximum Gasteiger partial charge on any atom is 0.315 e. The van der Waals surface area contributed by atoms with Crippen molar-refractivity contribution < 1.29 is 9.90 Å². The molecule has 2 amide bonds. The zero-order valence-electron chi connectivity index (χ0n) is 14.4. The number of hydrogen-bond acceptors (Lipinski definition) is 4. The molecule has 2 aliphatic rings. The topological polar surface area (TPSA) is 77.5 Å². The molecule has 2 atom stereocenters. The molecule has 3 N–H and O–H groups in total. The van der Waals surface area contributed by atoms with Crippen LogP contribution in [0.5, 0.6) is 0 Å². The van der Waals surface area contributed by atoms with E-state index in [0.29, 0.717) is 0 Å². The second-order valence-electron chi connectivity index (χ2n) is 7.32. The molecule has 3 rings (SSSR count). The van der Waals surface area contributed by atoms with Crippen molar-refractivity contribution >= 4 is 11.8 Å². The average molecular weight is 332 g/mol. The summed E-state index contributed by atoms with van der Waals surface area (Å²) >= 11 is 0. The summed E-state index contributed by atoms with van der Waals surface area (Å²) in [7, 11) is 0. The van der Waals surface area contributed by atoms with Gasteiger partial charge in [0.15, 0.2) is 0 Å². The highest BCUT2D eigenvalue weighted by Crippen LogP contribution is 2.37. The second kappa shape index (κ2) is 7.38. The fourth-order valence-electron chi connectivity index (χ4n) is 3.85. The molecule has 2 unspecified atom stereocenters. The molecule has 0 aromatic carbocycles. The first kappa shape index (κ1) is 17.0. The molecular formula is C18H28N4O2. The van der Waals surface area contributed by atoms with Crippen molar-refractivity contribution in [2.45, 2.75) is 51.1 Å². The van der Waals surface area contributed by atoms with Crippen LogP contribution < -0.4 is 15.5 Å². The van der Waals surface area contributed by atoms with E-state index in [9.17, 15) is 9.90 Å². The van der Waals surface area contributed by atoms with Gasteiger partial charge in [-0.15, -0.1) is 0 Å². The molecule has 1 saturated carbocycles. The summed E-state index contributed by atoms with van der Waals surface area (Å²) in [4.78, 5) is 18.9. The summed E-state index contributed by atoms with van der Waals surface area (Å²) in [6, 6.07) is 6.11. The monoisotopic (exact) mass is 332 g/mol. The predicted octanol–water partition coefficient (Wildman–Crippen LogP) is 1.90. The Morgan fingerprint density at radius 1 is 1.33 bits per heavy atom. The predicted molar refractivity (Wildman–Crippen MR) is 94.0 cm³/mol. The number of amides is 2. The first-order valence-electron chi connectivity index (χ1n) is 8.94. The van der Waals surface area contributed by atoms with Gasteiger partial charge in [-0.1, -0.05) is 19.4 Å². The molecule has 2 fully saturated rings. The van der Waals surface area contributed by atoms with E-state index in [-0.39, 0.29) is 30.1 Å². The van der Waals surface area contributed by atoms with E-state index in [1.807, 2.05) is 24.4 Å². The van der Waals surface area contributed by atoms with Gasteiger partial charge in [-0.25, -0.2) is 9.78 Å². The van der Waals surface area contributed by atoms with Crippen molar-refractivity contribution in [1.29, 1.82) is 0 Å². The smallest absolute Gasteiger partial charge is 0.315 e. The van der Waals surface area contributed by atoms with Crippen molar-refractivity contribution in [2.24, 2.45) is 5.41 Å². The highest BCUT2D eigenvalue weighted by atomic mass is 16.3. The Morgan fingerprint density at radius 2 is 2.12 bits per heavy atom. The molecule has 1 aliphatic carbocycles. The first-order chi connectivity index (χ1) is 11.6. The number of aromatic nitrogens is 1. The van der Waals surface area contributed by atoms with Crippen LogP contribution in [0.2, 0.25) is 0 Å². The number of aliphatic hydroxyl groups excluding tert-OH is 1. The maximum atomic E-state index is 12.3. The number of rotatable bonds is 4. The van der Waals surface area contributed by atoms with Gasteiger partial charge < -0.3 is 20.6 Å². The van der Waals surface area contributed by atoms with Crippen LogP contribution in [-0.4, -0.2) is 47.9 Å². The molecule has 1 aliphatic heterocycles. The molecule has 24 heavy (non-hydrogen) atoms. The van der Waals surface area contributed by atoms with Crippen LogP contribution in [0.15, 0.2) is 24.4 Å². The summed E-state index contributed by atoms with van der Waals surface area (Å²) < 4.78 is 0. The van der Waals surface area contributed by atoms with Crippen molar-refractivity contribution in [1.82, 2.24) is 15.6 Å². The van der Waals surface area contributed by atoms with Gasteiger partial charge in [0.25, 0.3) is 0 Å². The largest absolute Gasteiger partial charge is 0.396 e.